The molecule has 3 heterocycles. The Bertz CT molecular complexity index is 2120. The van der Waals surface area contributed by atoms with Crippen LogP contribution in [-0.2, 0) is 36.5 Å². The zero-order chi connectivity index (χ0) is 39.5. The van der Waals surface area contributed by atoms with Gasteiger partial charge in [0, 0.05) is 53.6 Å². The van der Waals surface area contributed by atoms with Crippen LogP contribution in [0.2, 0.25) is 0 Å². The number of ketones is 1. The van der Waals surface area contributed by atoms with E-state index in [0.29, 0.717) is 29.5 Å². The van der Waals surface area contributed by atoms with Crippen molar-refractivity contribution in [1.29, 1.82) is 0 Å². The van der Waals surface area contributed by atoms with Gasteiger partial charge in [0.1, 0.15) is 24.0 Å². The van der Waals surface area contributed by atoms with Gasteiger partial charge in [-0.3, -0.25) is 24.1 Å². The summed E-state index contributed by atoms with van der Waals surface area (Å²) in [4.78, 5) is 57.0. The number of ether oxygens (including phenoxy) is 2. The molecule has 2 aromatic carbocycles. The molecule has 2 N–H and O–H groups in total. The molecule has 0 saturated heterocycles. The summed E-state index contributed by atoms with van der Waals surface area (Å²) in [5, 5.41) is 0. The lowest BCUT2D eigenvalue weighted by molar-refractivity contribution is -0.142. The SMILES string of the molecule is CC(N)=CC(=O)OCC#Cc1cccnc1.CCOC(=O)CC(=O)c1ccc(-n2c(C)nc3cnccc32)cc1.O=CCCc1cccc(C(F)(F)F)c1. The highest BCUT2D eigenvalue weighted by atomic mass is 19.4. The highest BCUT2D eigenvalue weighted by Crippen LogP contribution is 2.29. The van der Waals surface area contributed by atoms with Crippen LogP contribution in [0.1, 0.15) is 59.6 Å². The molecule has 14 heteroatoms. The molecule has 0 saturated carbocycles. The quantitative estimate of drug-likeness (QED) is 0.0417. The number of alkyl halides is 3. The van der Waals surface area contributed by atoms with Crippen molar-refractivity contribution in [2.24, 2.45) is 5.73 Å². The molecule has 0 amide bonds. The van der Waals surface area contributed by atoms with Crippen molar-refractivity contribution in [3.05, 3.63) is 131 Å². The number of aryl methyl sites for hydroxylation is 2. The van der Waals surface area contributed by atoms with E-state index in [1.54, 1.807) is 62.9 Å². The summed E-state index contributed by atoms with van der Waals surface area (Å²) in [6, 6.07) is 17.6. The standard InChI is InChI=1S/C18H17N3O3.C12H12N2O2.C10H9F3O/c1-3-24-18(23)10-17(22)13-4-6-14(7-5-13)21-12(2)20-15-11-19-9-8-16(15)21;1-10(13)8-12(15)16-7-3-5-11-4-2-6-14-9-11;11-10(12,13)9-5-1-3-8(7-9)4-2-6-14/h4-9,11H,3,10H2,1-2H3;2,4,6,8-9H,7,13H2,1H3;1,3,5-7H,2,4H2. The van der Waals surface area contributed by atoms with Crippen LogP contribution in [0.4, 0.5) is 13.2 Å². The number of hydrogen-bond acceptors (Lipinski definition) is 10. The second kappa shape index (κ2) is 21.0. The minimum absolute atomic E-state index is 0.0392. The van der Waals surface area contributed by atoms with Crippen molar-refractivity contribution in [1.82, 2.24) is 19.5 Å². The van der Waals surface area contributed by atoms with Gasteiger partial charge in [0.2, 0.25) is 0 Å². The second-order valence-corrected chi connectivity index (χ2v) is 11.3. The van der Waals surface area contributed by atoms with Crippen molar-refractivity contribution in [3.8, 4) is 17.5 Å². The number of Topliss-reactive ketones (excluding diaryl/α,β-unsaturated/α-hetero) is 1. The summed E-state index contributed by atoms with van der Waals surface area (Å²) in [6.07, 6.45) is 4.70. The zero-order valence-electron chi connectivity index (χ0n) is 29.8. The summed E-state index contributed by atoms with van der Waals surface area (Å²) >= 11 is 0. The molecular formula is C40H38F3N5O6. The normalized spacial score (nSPS) is 10.7. The van der Waals surface area contributed by atoms with E-state index in [1.807, 2.05) is 35.8 Å². The highest BCUT2D eigenvalue weighted by Gasteiger charge is 2.30. The number of benzene rings is 2. The van der Waals surface area contributed by atoms with E-state index in [-0.39, 0.29) is 31.8 Å². The van der Waals surface area contributed by atoms with Crippen LogP contribution in [0.3, 0.4) is 0 Å². The fourth-order valence-corrected chi connectivity index (χ4v) is 4.66. The molecule has 11 nitrogen and oxygen atoms in total. The maximum atomic E-state index is 12.2. The number of allylic oxidation sites excluding steroid dienone is 1. The molecule has 0 radical (unpaired) electrons. The van der Waals surface area contributed by atoms with Crippen LogP contribution in [0, 0.1) is 18.8 Å². The van der Waals surface area contributed by atoms with E-state index < -0.39 is 23.7 Å². The number of pyridine rings is 2. The van der Waals surface area contributed by atoms with Crippen molar-refractivity contribution >= 4 is 35.0 Å². The first-order valence-electron chi connectivity index (χ1n) is 16.5. The molecule has 280 valence electrons. The van der Waals surface area contributed by atoms with Gasteiger partial charge < -0.3 is 20.0 Å². The lowest BCUT2D eigenvalue weighted by Crippen LogP contribution is -2.11. The molecule has 0 unspecified atom stereocenters. The molecule has 0 bridgehead atoms. The van der Waals surface area contributed by atoms with Crippen LogP contribution >= 0.6 is 0 Å². The number of halogens is 3. The minimum atomic E-state index is -4.31. The number of imidazole rings is 1. The summed E-state index contributed by atoms with van der Waals surface area (Å²) in [5.74, 6) is 5.11. The maximum Gasteiger partial charge on any atom is 0.416 e. The summed E-state index contributed by atoms with van der Waals surface area (Å²) in [6.45, 7) is 5.55. The molecular weight excluding hydrogens is 703 g/mol. The Morgan fingerprint density at radius 2 is 1.70 bits per heavy atom. The molecule has 0 atom stereocenters. The van der Waals surface area contributed by atoms with E-state index in [9.17, 15) is 32.3 Å². The van der Waals surface area contributed by atoms with Crippen LogP contribution in [-0.4, -0.2) is 56.7 Å². The molecule has 0 aliphatic carbocycles. The van der Waals surface area contributed by atoms with Crippen LogP contribution in [0.15, 0.2) is 103 Å². The smallest absolute Gasteiger partial charge is 0.416 e. The second-order valence-electron chi connectivity index (χ2n) is 11.3. The van der Waals surface area contributed by atoms with Gasteiger partial charge in [0.05, 0.1) is 23.9 Å². The zero-order valence-corrected chi connectivity index (χ0v) is 29.8. The third-order valence-corrected chi connectivity index (χ3v) is 7.01. The van der Waals surface area contributed by atoms with Gasteiger partial charge in [0.15, 0.2) is 12.4 Å². The van der Waals surface area contributed by atoms with Crippen molar-refractivity contribution in [2.75, 3.05) is 13.2 Å². The first kappa shape index (κ1) is 41.8. The molecule has 3 aromatic heterocycles. The van der Waals surface area contributed by atoms with Gasteiger partial charge in [-0.25, -0.2) is 9.78 Å². The Kier molecular flexibility index (Phi) is 16.3. The number of rotatable bonds is 10. The predicted octanol–water partition coefficient (Wildman–Crippen LogP) is 6.54. The van der Waals surface area contributed by atoms with Crippen LogP contribution < -0.4 is 5.73 Å². The number of aromatic nitrogens is 4. The highest BCUT2D eigenvalue weighted by molar-refractivity contribution is 6.06. The summed E-state index contributed by atoms with van der Waals surface area (Å²) < 4.78 is 48.2. The van der Waals surface area contributed by atoms with Crippen LogP contribution in [0.5, 0.6) is 0 Å². The van der Waals surface area contributed by atoms with Gasteiger partial charge in [-0.2, -0.15) is 13.2 Å². The topological polar surface area (TPSA) is 156 Å². The minimum Gasteiger partial charge on any atom is -0.466 e. The van der Waals surface area contributed by atoms with E-state index in [2.05, 4.69) is 26.8 Å². The van der Waals surface area contributed by atoms with Gasteiger partial charge in [-0.15, -0.1) is 0 Å². The number of nitrogens with two attached hydrogens (primary N) is 1. The Labute approximate surface area is 310 Å². The monoisotopic (exact) mass is 741 g/mol. The van der Waals surface area contributed by atoms with Crippen molar-refractivity contribution in [2.45, 2.75) is 46.2 Å². The van der Waals surface area contributed by atoms with Gasteiger partial charge in [0.25, 0.3) is 0 Å². The average Bonchev–Trinajstić information content (AvgIpc) is 3.48. The van der Waals surface area contributed by atoms with Gasteiger partial charge in [-0.05, 0) is 81.3 Å². The molecule has 0 aliphatic heterocycles. The molecule has 5 rings (SSSR count). The van der Waals surface area contributed by atoms with Gasteiger partial charge in [-0.1, -0.05) is 30.0 Å². The lowest BCUT2D eigenvalue weighted by Gasteiger charge is -2.08. The fourth-order valence-electron chi connectivity index (χ4n) is 4.66. The van der Waals surface area contributed by atoms with E-state index in [1.165, 1.54) is 12.1 Å². The Hall–Kier alpha value is -6.62. The third kappa shape index (κ3) is 13.8. The molecule has 5 aromatic rings. The fraction of sp³-hybridized carbons (Fsp3) is 0.225. The Morgan fingerprint density at radius 3 is 2.35 bits per heavy atom. The average molecular weight is 742 g/mol. The van der Waals surface area contributed by atoms with Crippen molar-refractivity contribution < 1.29 is 41.8 Å². The summed E-state index contributed by atoms with van der Waals surface area (Å²) in [5.41, 5.74) is 9.51. The Morgan fingerprint density at radius 1 is 0.963 bits per heavy atom. The van der Waals surface area contributed by atoms with E-state index in [0.717, 1.165) is 40.2 Å². The molecule has 0 fully saturated rings. The number of fused-ring (bicyclic) bond motifs is 1. The summed E-state index contributed by atoms with van der Waals surface area (Å²) in [7, 11) is 0. The first-order chi connectivity index (χ1) is 25.8. The van der Waals surface area contributed by atoms with Crippen molar-refractivity contribution in [3.63, 3.8) is 0 Å². The molecule has 54 heavy (non-hydrogen) atoms. The molecule has 0 spiro atoms. The largest absolute Gasteiger partial charge is 0.466 e. The molecule has 0 aliphatic rings. The van der Waals surface area contributed by atoms with E-state index in [4.69, 9.17) is 15.2 Å². The number of aldehydes is 1. The number of hydrogen-bond donors (Lipinski definition) is 1. The Balaban J connectivity index is 0.000000229. The third-order valence-electron chi connectivity index (χ3n) is 7.01. The number of carbonyl (C=O) groups is 4. The number of nitrogens with zero attached hydrogens (tertiary/aromatic N) is 4. The predicted molar refractivity (Wildman–Crippen MR) is 195 cm³/mol. The lowest BCUT2D eigenvalue weighted by atomic mass is 10.1. The van der Waals surface area contributed by atoms with E-state index >= 15 is 0 Å². The maximum absolute atomic E-state index is 12.2. The van der Waals surface area contributed by atoms with Crippen LogP contribution in [0.25, 0.3) is 16.7 Å². The van der Waals surface area contributed by atoms with Gasteiger partial charge >= 0.3 is 18.1 Å². The number of carbonyl (C=O) groups excluding carboxylic acids is 4. The number of esters is 2. The first-order valence-corrected chi connectivity index (χ1v) is 16.5.